The van der Waals surface area contributed by atoms with Crippen molar-refractivity contribution in [1.82, 2.24) is 19.6 Å². The molecule has 0 spiro atoms. The van der Waals surface area contributed by atoms with Crippen LogP contribution in [0.3, 0.4) is 0 Å². The highest BCUT2D eigenvalue weighted by atomic mass is 15.3. The van der Waals surface area contributed by atoms with Crippen LogP contribution in [0.15, 0.2) is 24.4 Å². The molecular formula is C14H21N5. The smallest absolute Gasteiger partial charge is 0.0684 e. The fourth-order valence-corrected chi connectivity index (χ4v) is 2.59. The molecule has 2 heterocycles. The third-order valence-electron chi connectivity index (χ3n) is 3.89. The first kappa shape index (κ1) is 12.4. The standard InChI is InChI=1S/C14H21N5/c1-17-4-6-18(7-5-17)8-9-19-14-3-2-13(15)10-12(14)11-16-19/h2-3,10-11H,4-9,15H2,1H3. The van der Waals surface area contributed by atoms with E-state index in [1.54, 1.807) is 0 Å². The molecule has 0 radical (unpaired) electrons. The van der Waals surface area contributed by atoms with Gasteiger partial charge in [0.1, 0.15) is 0 Å². The minimum absolute atomic E-state index is 0.797. The van der Waals surface area contributed by atoms with Gasteiger partial charge in [0.05, 0.1) is 18.3 Å². The Kier molecular flexibility index (Phi) is 3.40. The van der Waals surface area contributed by atoms with Crippen molar-refractivity contribution in [2.24, 2.45) is 0 Å². The second kappa shape index (κ2) is 5.19. The first-order valence-electron chi connectivity index (χ1n) is 6.84. The van der Waals surface area contributed by atoms with Crippen LogP contribution in [-0.2, 0) is 6.54 Å². The number of fused-ring (bicyclic) bond motifs is 1. The Hall–Kier alpha value is -1.59. The van der Waals surface area contributed by atoms with Gasteiger partial charge in [-0.15, -0.1) is 0 Å². The molecule has 0 saturated carbocycles. The summed E-state index contributed by atoms with van der Waals surface area (Å²) in [5.41, 5.74) is 7.75. The van der Waals surface area contributed by atoms with Crippen LogP contribution in [0.1, 0.15) is 0 Å². The van der Waals surface area contributed by atoms with Crippen LogP contribution < -0.4 is 5.73 Å². The molecule has 102 valence electrons. The lowest BCUT2D eigenvalue weighted by Gasteiger charge is -2.32. The number of anilines is 1. The van der Waals surface area contributed by atoms with Crippen molar-refractivity contribution in [3.05, 3.63) is 24.4 Å². The summed E-state index contributed by atoms with van der Waals surface area (Å²) in [6, 6.07) is 5.98. The van der Waals surface area contributed by atoms with E-state index in [-0.39, 0.29) is 0 Å². The number of rotatable bonds is 3. The zero-order chi connectivity index (χ0) is 13.2. The van der Waals surface area contributed by atoms with Gasteiger partial charge in [-0.25, -0.2) is 0 Å². The number of nitrogens with two attached hydrogens (primary N) is 1. The first-order chi connectivity index (χ1) is 9.22. The number of hydrogen-bond donors (Lipinski definition) is 1. The Morgan fingerprint density at radius 1 is 1.16 bits per heavy atom. The number of nitrogens with zero attached hydrogens (tertiary/aromatic N) is 4. The van der Waals surface area contributed by atoms with Crippen LogP contribution >= 0.6 is 0 Å². The van der Waals surface area contributed by atoms with Crippen molar-refractivity contribution in [3.63, 3.8) is 0 Å². The molecule has 1 saturated heterocycles. The Labute approximate surface area is 113 Å². The summed E-state index contributed by atoms with van der Waals surface area (Å²) in [6.07, 6.45) is 1.90. The van der Waals surface area contributed by atoms with Gasteiger partial charge in [0, 0.05) is 43.8 Å². The Bertz CT molecular complexity index is 554. The second-order valence-corrected chi connectivity index (χ2v) is 5.33. The first-order valence-corrected chi connectivity index (χ1v) is 6.84. The van der Waals surface area contributed by atoms with Crippen LogP contribution in [0.25, 0.3) is 10.9 Å². The molecule has 1 fully saturated rings. The SMILES string of the molecule is CN1CCN(CCn2ncc3cc(N)ccc32)CC1. The zero-order valence-corrected chi connectivity index (χ0v) is 11.4. The molecule has 0 aliphatic carbocycles. The van der Waals surface area contributed by atoms with Crippen LogP contribution in [0.2, 0.25) is 0 Å². The minimum Gasteiger partial charge on any atom is -0.399 e. The highest BCUT2D eigenvalue weighted by Crippen LogP contribution is 2.16. The molecule has 2 N–H and O–H groups in total. The van der Waals surface area contributed by atoms with Crippen molar-refractivity contribution >= 4 is 16.6 Å². The average Bonchev–Trinajstić information content (AvgIpc) is 2.80. The summed E-state index contributed by atoms with van der Waals surface area (Å²) in [7, 11) is 2.18. The molecule has 5 heteroatoms. The van der Waals surface area contributed by atoms with E-state index in [2.05, 4.69) is 32.7 Å². The summed E-state index contributed by atoms with van der Waals surface area (Å²) in [5.74, 6) is 0. The van der Waals surface area contributed by atoms with Crippen LogP contribution in [0.4, 0.5) is 5.69 Å². The molecule has 5 nitrogen and oxygen atoms in total. The number of hydrogen-bond acceptors (Lipinski definition) is 4. The Morgan fingerprint density at radius 2 is 1.95 bits per heavy atom. The van der Waals surface area contributed by atoms with Crippen molar-refractivity contribution in [2.75, 3.05) is 45.5 Å². The Balaban J connectivity index is 1.65. The van der Waals surface area contributed by atoms with Gasteiger partial charge < -0.3 is 10.6 Å². The summed E-state index contributed by atoms with van der Waals surface area (Å²) in [6.45, 7) is 6.64. The number of likely N-dealkylation sites (N-methyl/N-ethyl adjacent to an activating group) is 1. The highest BCUT2D eigenvalue weighted by Gasteiger charge is 2.13. The predicted molar refractivity (Wildman–Crippen MR) is 78.1 cm³/mol. The lowest BCUT2D eigenvalue weighted by atomic mass is 10.2. The van der Waals surface area contributed by atoms with Crippen molar-refractivity contribution in [3.8, 4) is 0 Å². The summed E-state index contributed by atoms with van der Waals surface area (Å²) in [4.78, 5) is 4.88. The summed E-state index contributed by atoms with van der Waals surface area (Å²) in [5, 5.41) is 5.58. The molecule has 0 atom stereocenters. The van der Waals surface area contributed by atoms with E-state index < -0.39 is 0 Å². The van der Waals surface area contributed by atoms with Crippen LogP contribution in [0, 0.1) is 0 Å². The fourth-order valence-electron chi connectivity index (χ4n) is 2.59. The van der Waals surface area contributed by atoms with Crippen molar-refractivity contribution in [2.45, 2.75) is 6.54 Å². The monoisotopic (exact) mass is 259 g/mol. The molecule has 1 aliphatic rings. The van der Waals surface area contributed by atoms with E-state index in [9.17, 15) is 0 Å². The number of aromatic nitrogens is 2. The zero-order valence-electron chi connectivity index (χ0n) is 11.4. The lowest BCUT2D eigenvalue weighted by molar-refractivity contribution is 0.149. The third kappa shape index (κ3) is 2.72. The molecule has 0 unspecified atom stereocenters. The van der Waals surface area contributed by atoms with Crippen LogP contribution in [0.5, 0.6) is 0 Å². The van der Waals surface area contributed by atoms with Crippen molar-refractivity contribution in [1.29, 1.82) is 0 Å². The molecule has 0 bridgehead atoms. The lowest BCUT2D eigenvalue weighted by Crippen LogP contribution is -2.45. The number of piperazine rings is 1. The van der Waals surface area contributed by atoms with Gasteiger partial charge >= 0.3 is 0 Å². The predicted octanol–water partition coefficient (Wildman–Crippen LogP) is 0.866. The maximum Gasteiger partial charge on any atom is 0.0684 e. The number of benzene rings is 1. The molecule has 1 aromatic heterocycles. The van der Waals surface area contributed by atoms with Gasteiger partial charge in [-0.2, -0.15) is 5.10 Å². The second-order valence-electron chi connectivity index (χ2n) is 5.33. The maximum atomic E-state index is 5.79. The van der Waals surface area contributed by atoms with Gasteiger partial charge in [0.2, 0.25) is 0 Å². The van der Waals surface area contributed by atoms with Gasteiger partial charge in [0.15, 0.2) is 0 Å². The topological polar surface area (TPSA) is 50.3 Å². The summed E-state index contributed by atoms with van der Waals surface area (Å²) >= 11 is 0. The number of nitrogen functional groups attached to an aromatic ring is 1. The molecule has 0 amide bonds. The quantitative estimate of drug-likeness (QED) is 0.831. The maximum absolute atomic E-state index is 5.79. The minimum atomic E-state index is 0.797. The van der Waals surface area contributed by atoms with Crippen molar-refractivity contribution < 1.29 is 0 Å². The highest BCUT2D eigenvalue weighted by molar-refractivity contribution is 5.81. The fraction of sp³-hybridized carbons (Fsp3) is 0.500. The molecule has 2 aromatic rings. The normalized spacial score (nSPS) is 18.2. The molecular weight excluding hydrogens is 238 g/mol. The van der Waals surface area contributed by atoms with Gasteiger partial charge in [0.25, 0.3) is 0 Å². The third-order valence-corrected chi connectivity index (χ3v) is 3.89. The van der Waals surface area contributed by atoms with E-state index in [1.807, 2.05) is 18.3 Å². The Morgan fingerprint density at radius 3 is 2.74 bits per heavy atom. The molecule has 19 heavy (non-hydrogen) atoms. The largest absolute Gasteiger partial charge is 0.399 e. The van der Waals surface area contributed by atoms with E-state index in [0.29, 0.717) is 0 Å². The van der Waals surface area contributed by atoms with E-state index in [1.165, 1.54) is 5.52 Å². The molecule has 3 rings (SSSR count). The van der Waals surface area contributed by atoms with E-state index in [4.69, 9.17) is 5.73 Å². The van der Waals surface area contributed by atoms with E-state index in [0.717, 1.165) is 50.3 Å². The molecule has 1 aliphatic heterocycles. The van der Waals surface area contributed by atoms with Gasteiger partial charge in [-0.3, -0.25) is 9.58 Å². The molecule has 1 aromatic carbocycles. The van der Waals surface area contributed by atoms with Crippen LogP contribution in [-0.4, -0.2) is 59.4 Å². The van der Waals surface area contributed by atoms with Gasteiger partial charge in [-0.05, 0) is 25.2 Å². The average molecular weight is 259 g/mol. The summed E-state index contributed by atoms with van der Waals surface area (Å²) < 4.78 is 2.08. The van der Waals surface area contributed by atoms with Gasteiger partial charge in [-0.1, -0.05) is 0 Å². The van der Waals surface area contributed by atoms with E-state index >= 15 is 0 Å².